The molecule has 168 valence electrons. The van der Waals surface area contributed by atoms with Crippen molar-refractivity contribution in [1.29, 1.82) is 0 Å². The summed E-state index contributed by atoms with van der Waals surface area (Å²) in [6, 6.07) is 20.3. The fourth-order valence-corrected chi connectivity index (χ4v) is 4.69. The predicted molar refractivity (Wildman–Crippen MR) is 116 cm³/mol. The van der Waals surface area contributed by atoms with Crippen molar-refractivity contribution in [2.24, 2.45) is 0 Å². The molecule has 8 heteroatoms. The molecule has 0 fully saturated rings. The number of aryl methyl sites for hydroxylation is 1. The van der Waals surface area contributed by atoms with Crippen molar-refractivity contribution in [2.45, 2.75) is 35.9 Å². The maximum absolute atomic E-state index is 14.1. The zero-order valence-electron chi connectivity index (χ0n) is 17.2. The number of rotatable bonds is 7. The van der Waals surface area contributed by atoms with E-state index in [1.165, 1.54) is 24.3 Å². The van der Waals surface area contributed by atoms with Gasteiger partial charge in [0.2, 0.25) is 0 Å². The molecule has 0 saturated carbocycles. The first kappa shape index (κ1) is 23.5. The standard InChI is InChI=1S/C24H22F3NO3S/c1-17-12-14-20(15-13-17)32(30)21(19-10-6-3-7-11-19)22(24(25,26)27)28-23(29)31-16-18-8-4-2-5-9-18/h2-15,21-22H,16H2,1H3,(H,28,29)/t21-,22+,32-/m0/s1. The van der Waals surface area contributed by atoms with Crippen LogP contribution in [0.25, 0.3) is 0 Å². The monoisotopic (exact) mass is 461 g/mol. The Morgan fingerprint density at radius 2 is 1.50 bits per heavy atom. The average Bonchev–Trinajstić information content (AvgIpc) is 2.78. The van der Waals surface area contributed by atoms with Crippen LogP contribution in [0.1, 0.15) is 21.9 Å². The molecule has 0 radical (unpaired) electrons. The minimum Gasteiger partial charge on any atom is -0.445 e. The Kier molecular flexibility index (Phi) is 7.69. The maximum Gasteiger partial charge on any atom is 0.410 e. The molecule has 1 amide bonds. The highest BCUT2D eigenvalue weighted by Gasteiger charge is 2.49. The zero-order valence-corrected chi connectivity index (χ0v) is 18.0. The van der Waals surface area contributed by atoms with Crippen molar-refractivity contribution in [1.82, 2.24) is 5.32 Å². The number of hydrogen-bond donors (Lipinski definition) is 1. The second kappa shape index (κ2) is 10.5. The highest BCUT2D eigenvalue weighted by atomic mass is 32.2. The van der Waals surface area contributed by atoms with E-state index in [4.69, 9.17) is 4.74 Å². The van der Waals surface area contributed by atoms with Gasteiger partial charge in [-0.2, -0.15) is 13.2 Å². The highest BCUT2D eigenvalue weighted by Crippen LogP contribution is 2.37. The first-order chi connectivity index (χ1) is 15.3. The molecular formula is C24H22F3NO3S. The number of amides is 1. The molecular weight excluding hydrogens is 439 g/mol. The van der Waals surface area contributed by atoms with Crippen LogP contribution < -0.4 is 5.32 Å². The first-order valence-electron chi connectivity index (χ1n) is 9.82. The quantitative estimate of drug-likeness (QED) is 0.491. The number of alkyl carbamates (subject to hydrolysis) is 1. The maximum atomic E-state index is 14.1. The third kappa shape index (κ3) is 6.20. The molecule has 0 heterocycles. The summed E-state index contributed by atoms with van der Waals surface area (Å²) in [6.45, 7) is 1.64. The van der Waals surface area contributed by atoms with E-state index in [1.54, 1.807) is 60.7 Å². The van der Waals surface area contributed by atoms with E-state index in [-0.39, 0.29) is 17.1 Å². The molecule has 3 aromatic carbocycles. The van der Waals surface area contributed by atoms with Crippen molar-refractivity contribution in [3.05, 3.63) is 102 Å². The smallest absolute Gasteiger partial charge is 0.410 e. The van der Waals surface area contributed by atoms with Crippen LogP contribution in [-0.2, 0) is 22.1 Å². The van der Waals surface area contributed by atoms with Crippen molar-refractivity contribution in [3.63, 3.8) is 0 Å². The van der Waals surface area contributed by atoms with Crippen LogP contribution in [0.15, 0.2) is 89.8 Å². The SMILES string of the molecule is Cc1ccc([S@](=O)[C@@H](c2ccccc2)[C@@H](NC(=O)OCc2ccccc2)C(F)(F)F)cc1. The number of ether oxygens (including phenoxy) is 1. The van der Waals surface area contributed by atoms with Gasteiger partial charge in [-0.1, -0.05) is 78.4 Å². The van der Waals surface area contributed by atoms with E-state index in [9.17, 15) is 22.2 Å². The summed E-state index contributed by atoms with van der Waals surface area (Å²) in [4.78, 5) is 12.5. The Morgan fingerprint density at radius 1 is 0.938 bits per heavy atom. The largest absolute Gasteiger partial charge is 0.445 e. The summed E-state index contributed by atoms with van der Waals surface area (Å²) >= 11 is 0. The van der Waals surface area contributed by atoms with Crippen LogP contribution in [0.4, 0.5) is 18.0 Å². The van der Waals surface area contributed by atoms with Crippen molar-refractivity contribution < 1.29 is 26.9 Å². The molecule has 0 aliphatic rings. The van der Waals surface area contributed by atoms with Gasteiger partial charge in [0, 0.05) is 4.90 Å². The van der Waals surface area contributed by atoms with Gasteiger partial charge < -0.3 is 10.1 Å². The summed E-state index contributed by atoms with van der Waals surface area (Å²) in [5.74, 6) is 0. The van der Waals surface area contributed by atoms with Crippen molar-refractivity contribution >= 4 is 16.9 Å². The number of alkyl halides is 3. The molecule has 0 aromatic heterocycles. The van der Waals surface area contributed by atoms with Gasteiger partial charge in [-0.05, 0) is 30.2 Å². The number of nitrogens with one attached hydrogen (secondary N) is 1. The molecule has 0 spiro atoms. The summed E-state index contributed by atoms with van der Waals surface area (Å²) in [7, 11) is -2.10. The van der Waals surface area contributed by atoms with Crippen LogP contribution in [0.2, 0.25) is 0 Å². The minimum atomic E-state index is -4.87. The number of carbonyl (C=O) groups excluding carboxylic acids is 1. The van der Waals surface area contributed by atoms with Gasteiger partial charge >= 0.3 is 12.3 Å². The number of hydrogen-bond acceptors (Lipinski definition) is 3. The van der Waals surface area contributed by atoms with E-state index < -0.39 is 34.4 Å². The average molecular weight is 462 g/mol. The molecule has 0 bridgehead atoms. The molecule has 32 heavy (non-hydrogen) atoms. The third-order valence-corrected chi connectivity index (χ3v) is 6.50. The van der Waals surface area contributed by atoms with Crippen molar-refractivity contribution in [2.75, 3.05) is 0 Å². The lowest BCUT2D eigenvalue weighted by molar-refractivity contribution is -0.154. The van der Waals surface area contributed by atoms with Crippen LogP contribution in [0.5, 0.6) is 0 Å². The molecule has 0 aliphatic carbocycles. The van der Waals surface area contributed by atoms with Gasteiger partial charge in [0.25, 0.3) is 0 Å². The van der Waals surface area contributed by atoms with E-state index in [0.717, 1.165) is 5.56 Å². The highest BCUT2D eigenvalue weighted by molar-refractivity contribution is 7.85. The van der Waals surface area contributed by atoms with Gasteiger partial charge in [-0.3, -0.25) is 4.21 Å². The van der Waals surface area contributed by atoms with E-state index in [0.29, 0.717) is 5.56 Å². The second-order valence-electron chi connectivity index (χ2n) is 7.17. The van der Waals surface area contributed by atoms with Crippen LogP contribution >= 0.6 is 0 Å². The van der Waals surface area contributed by atoms with Gasteiger partial charge in [0.1, 0.15) is 12.6 Å². The number of halogens is 3. The zero-order chi connectivity index (χ0) is 23.1. The lowest BCUT2D eigenvalue weighted by Crippen LogP contribution is -2.50. The Labute approximate surface area is 186 Å². The lowest BCUT2D eigenvalue weighted by atomic mass is 10.0. The normalized spacial score (nSPS) is 14.2. The minimum absolute atomic E-state index is 0.186. The first-order valence-corrected chi connectivity index (χ1v) is 11.0. The van der Waals surface area contributed by atoms with E-state index in [1.807, 2.05) is 12.2 Å². The molecule has 0 aliphatic heterocycles. The van der Waals surface area contributed by atoms with Gasteiger partial charge in [-0.25, -0.2) is 4.79 Å². The van der Waals surface area contributed by atoms with Gasteiger partial charge in [0.15, 0.2) is 0 Å². The fraction of sp³-hybridized carbons (Fsp3) is 0.208. The Hall–Kier alpha value is -3.13. The van der Waals surface area contributed by atoms with E-state index >= 15 is 0 Å². The van der Waals surface area contributed by atoms with Crippen LogP contribution in [0, 0.1) is 6.92 Å². The van der Waals surface area contributed by atoms with Crippen LogP contribution in [0.3, 0.4) is 0 Å². The van der Waals surface area contributed by atoms with Gasteiger partial charge in [-0.15, -0.1) is 0 Å². The fourth-order valence-electron chi connectivity index (χ4n) is 3.12. The molecule has 1 N–H and O–H groups in total. The Bertz CT molecular complexity index is 1040. The number of carbonyl (C=O) groups is 1. The molecule has 3 atom stereocenters. The Balaban J connectivity index is 1.89. The molecule has 4 nitrogen and oxygen atoms in total. The van der Waals surface area contributed by atoms with E-state index in [2.05, 4.69) is 0 Å². The predicted octanol–water partition coefficient (Wildman–Crippen LogP) is 5.70. The van der Waals surface area contributed by atoms with Crippen molar-refractivity contribution in [3.8, 4) is 0 Å². The lowest BCUT2D eigenvalue weighted by Gasteiger charge is -2.29. The molecule has 3 rings (SSSR count). The topological polar surface area (TPSA) is 55.4 Å². The molecule has 0 unspecified atom stereocenters. The molecule has 3 aromatic rings. The Morgan fingerprint density at radius 3 is 2.06 bits per heavy atom. The summed E-state index contributed by atoms with van der Waals surface area (Å²) in [6.07, 6.45) is -6.11. The third-order valence-electron chi connectivity index (χ3n) is 4.75. The molecule has 0 saturated heterocycles. The number of benzene rings is 3. The second-order valence-corrected chi connectivity index (χ2v) is 8.74. The summed E-state index contributed by atoms with van der Waals surface area (Å²) < 4.78 is 60.7. The summed E-state index contributed by atoms with van der Waals surface area (Å²) in [5.41, 5.74) is 1.71. The summed E-state index contributed by atoms with van der Waals surface area (Å²) in [5, 5.41) is 0.342. The van der Waals surface area contributed by atoms with Gasteiger partial charge in [0.05, 0.1) is 16.0 Å². The van der Waals surface area contributed by atoms with Crippen LogP contribution in [-0.4, -0.2) is 22.5 Å².